The number of hydrogen-bond donors (Lipinski definition) is 1. The zero-order chi connectivity index (χ0) is 19.4. The Balaban J connectivity index is 1.63. The number of carbonyl (C=O) groups is 1. The number of nitro groups is 1. The van der Waals surface area contributed by atoms with Crippen molar-refractivity contribution in [1.82, 2.24) is 15.2 Å². The van der Waals surface area contributed by atoms with E-state index in [1.54, 1.807) is 13.1 Å². The molecule has 1 N–H and O–H groups in total. The summed E-state index contributed by atoms with van der Waals surface area (Å²) in [5, 5.41) is 13.8. The van der Waals surface area contributed by atoms with E-state index < -0.39 is 4.92 Å². The number of amides is 1. The van der Waals surface area contributed by atoms with Gasteiger partial charge in [0.05, 0.1) is 4.92 Å². The topological polar surface area (TPSA) is 91.6 Å². The third kappa shape index (κ3) is 4.59. The minimum atomic E-state index is -0.451. The van der Waals surface area contributed by atoms with Crippen molar-refractivity contribution >= 4 is 17.4 Å². The molecular formula is C19H23N5O3. The van der Waals surface area contributed by atoms with Crippen LogP contribution >= 0.6 is 0 Å². The summed E-state index contributed by atoms with van der Waals surface area (Å²) in [4.78, 5) is 31.8. The summed E-state index contributed by atoms with van der Waals surface area (Å²) < 4.78 is 0. The van der Waals surface area contributed by atoms with Crippen molar-refractivity contribution in [2.75, 3.05) is 38.1 Å². The van der Waals surface area contributed by atoms with Gasteiger partial charge >= 0.3 is 0 Å². The summed E-state index contributed by atoms with van der Waals surface area (Å²) >= 11 is 0. The van der Waals surface area contributed by atoms with E-state index in [-0.39, 0.29) is 11.6 Å². The minimum absolute atomic E-state index is 0.0116. The van der Waals surface area contributed by atoms with Crippen LogP contribution < -0.4 is 10.2 Å². The Morgan fingerprint density at radius 1 is 1.22 bits per heavy atom. The molecule has 8 heteroatoms. The lowest BCUT2D eigenvalue weighted by atomic mass is 10.1. The molecule has 27 heavy (non-hydrogen) atoms. The molecule has 2 aromatic rings. The number of carbonyl (C=O) groups excluding carboxylic acids is 1. The van der Waals surface area contributed by atoms with E-state index in [1.807, 2.05) is 12.1 Å². The maximum atomic E-state index is 12.4. The van der Waals surface area contributed by atoms with Crippen molar-refractivity contribution < 1.29 is 9.72 Å². The first-order valence-corrected chi connectivity index (χ1v) is 8.85. The molecule has 1 aliphatic rings. The first kappa shape index (κ1) is 18.8. The summed E-state index contributed by atoms with van der Waals surface area (Å²) in [6, 6.07) is 8.24. The third-order valence-electron chi connectivity index (χ3n) is 4.75. The molecule has 1 aliphatic heterocycles. The summed E-state index contributed by atoms with van der Waals surface area (Å²) in [5.41, 5.74) is 1.85. The lowest BCUT2D eigenvalue weighted by molar-refractivity contribution is -0.385. The minimum Gasteiger partial charge on any atom is -0.354 e. The number of rotatable bonds is 5. The number of hydrogen-bond acceptors (Lipinski definition) is 6. The molecule has 2 heterocycles. The predicted molar refractivity (Wildman–Crippen MR) is 103 cm³/mol. The van der Waals surface area contributed by atoms with Gasteiger partial charge in [0.2, 0.25) is 0 Å². The van der Waals surface area contributed by atoms with Crippen LogP contribution in [0.5, 0.6) is 0 Å². The fourth-order valence-corrected chi connectivity index (χ4v) is 3.06. The van der Waals surface area contributed by atoms with E-state index in [2.05, 4.69) is 27.1 Å². The fraction of sp³-hybridized carbons (Fsp3) is 0.368. The zero-order valence-electron chi connectivity index (χ0n) is 15.5. The fourth-order valence-electron chi connectivity index (χ4n) is 3.06. The Bertz CT molecular complexity index is 847. The molecule has 1 aromatic carbocycles. The Morgan fingerprint density at radius 2 is 1.96 bits per heavy atom. The van der Waals surface area contributed by atoms with Gasteiger partial charge in [0.25, 0.3) is 11.6 Å². The number of pyridine rings is 1. The van der Waals surface area contributed by atoms with Gasteiger partial charge in [-0.3, -0.25) is 14.9 Å². The highest BCUT2D eigenvalue weighted by atomic mass is 16.6. The molecule has 0 atom stereocenters. The highest BCUT2D eigenvalue weighted by molar-refractivity contribution is 5.94. The third-order valence-corrected chi connectivity index (χ3v) is 4.75. The highest BCUT2D eigenvalue weighted by Gasteiger charge is 2.16. The molecule has 0 radical (unpaired) electrons. The van der Waals surface area contributed by atoms with Gasteiger partial charge in [0.15, 0.2) is 0 Å². The first-order chi connectivity index (χ1) is 12.9. The van der Waals surface area contributed by atoms with Crippen LogP contribution in [0.1, 0.15) is 21.5 Å². The smallest absolute Gasteiger partial charge is 0.272 e. The van der Waals surface area contributed by atoms with Crippen molar-refractivity contribution in [2.24, 2.45) is 0 Å². The largest absolute Gasteiger partial charge is 0.354 e. The molecule has 0 spiro atoms. The van der Waals surface area contributed by atoms with E-state index in [1.165, 1.54) is 18.2 Å². The quantitative estimate of drug-likeness (QED) is 0.640. The van der Waals surface area contributed by atoms with E-state index in [0.29, 0.717) is 17.7 Å². The number of nitrogens with zero attached hydrogens (tertiary/aromatic N) is 4. The van der Waals surface area contributed by atoms with E-state index in [0.717, 1.165) is 37.6 Å². The maximum absolute atomic E-state index is 12.4. The summed E-state index contributed by atoms with van der Waals surface area (Å²) in [7, 11) is 2.11. The average molecular weight is 369 g/mol. The monoisotopic (exact) mass is 369 g/mol. The van der Waals surface area contributed by atoms with Crippen LogP contribution in [-0.2, 0) is 6.54 Å². The summed E-state index contributed by atoms with van der Waals surface area (Å²) in [6.07, 6.45) is 1.76. The zero-order valence-corrected chi connectivity index (χ0v) is 15.5. The molecule has 1 amide bonds. The van der Waals surface area contributed by atoms with Crippen molar-refractivity contribution in [1.29, 1.82) is 0 Å². The molecule has 0 saturated carbocycles. The van der Waals surface area contributed by atoms with Crippen molar-refractivity contribution in [3.8, 4) is 0 Å². The van der Waals surface area contributed by atoms with Crippen LogP contribution in [0.2, 0.25) is 0 Å². The van der Waals surface area contributed by atoms with Crippen molar-refractivity contribution in [3.63, 3.8) is 0 Å². The summed E-state index contributed by atoms with van der Waals surface area (Å²) in [5.74, 6) is 0.659. The molecule has 3 rings (SSSR count). The van der Waals surface area contributed by atoms with Gasteiger partial charge in [-0.15, -0.1) is 0 Å². The molecule has 1 aromatic heterocycles. The van der Waals surface area contributed by atoms with Crippen LogP contribution in [0.3, 0.4) is 0 Å². The number of aryl methyl sites for hydroxylation is 1. The lowest BCUT2D eigenvalue weighted by Crippen LogP contribution is -2.44. The number of nitrogens with one attached hydrogen (secondary N) is 1. The Kier molecular flexibility index (Phi) is 5.66. The molecule has 0 bridgehead atoms. The Morgan fingerprint density at radius 3 is 2.63 bits per heavy atom. The number of nitro benzene ring substituents is 1. The standard InChI is InChI=1S/C19H23N5O3/c1-14-11-16(3-4-17(14)24(26)27)19(25)21-13-15-5-6-20-18(12-15)23-9-7-22(2)8-10-23/h3-6,11-12H,7-10,13H2,1-2H3,(H,21,25). The van der Waals surface area contributed by atoms with Crippen molar-refractivity contribution in [2.45, 2.75) is 13.5 Å². The molecular weight excluding hydrogens is 346 g/mol. The van der Waals surface area contributed by atoms with Gasteiger partial charge in [0.1, 0.15) is 5.82 Å². The van der Waals surface area contributed by atoms with Crippen LogP contribution in [0.25, 0.3) is 0 Å². The number of likely N-dealkylation sites (N-methyl/N-ethyl adjacent to an activating group) is 1. The average Bonchev–Trinajstić information content (AvgIpc) is 2.66. The second kappa shape index (κ2) is 8.13. The maximum Gasteiger partial charge on any atom is 0.272 e. The van der Waals surface area contributed by atoms with Gasteiger partial charge in [-0.25, -0.2) is 4.98 Å². The van der Waals surface area contributed by atoms with Gasteiger partial charge in [-0.1, -0.05) is 0 Å². The second-order valence-corrected chi connectivity index (χ2v) is 6.75. The molecule has 1 fully saturated rings. The lowest BCUT2D eigenvalue weighted by Gasteiger charge is -2.33. The molecule has 1 saturated heterocycles. The van der Waals surface area contributed by atoms with Crippen LogP contribution in [-0.4, -0.2) is 53.9 Å². The Hall–Kier alpha value is -3.00. The Labute approximate surface area is 158 Å². The summed E-state index contributed by atoms with van der Waals surface area (Å²) in [6.45, 7) is 5.87. The van der Waals surface area contributed by atoms with Crippen molar-refractivity contribution in [3.05, 3.63) is 63.3 Å². The number of piperazine rings is 1. The van der Waals surface area contributed by atoms with Gasteiger partial charge in [-0.05, 0) is 43.8 Å². The van der Waals surface area contributed by atoms with E-state index in [4.69, 9.17) is 0 Å². The predicted octanol–water partition coefficient (Wildman–Crippen LogP) is 1.98. The van der Waals surface area contributed by atoms with Gasteiger partial charge < -0.3 is 15.1 Å². The van der Waals surface area contributed by atoms with Crippen LogP contribution in [0.4, 0.5) is 11.5 Å². The van der Waals surface area contributed by atoms with E-state index >= 15 is 0 Å². The normalized spacial score (nSPS) is 14.8. The van der Waals surface area contributed by atoms with Crippen LogP contribution in [0, 0.1) is 17.0 Å². The van der Waals surface area contributed by atoms with Gasteiger partial charge in [-0.2, -0.15) is 0 Å². The second-order valence-electron chi connectivity index (χ2n) is 6.75. The number of benzene rings is 1. The van der Waals surface area contributed by atoms with Gasteiger partial charge in [0, 0.05) is 56.1 Å². The first-order valence-electron chi connectivity index (χ1n) is 8.85. The SMILES string of the molecule is Cc1cc(C(=O)NCc2ccnc(N3CCN(C)CC3)c2)ccc1[N+](=O)[O-]. The molecule has 142 valence electrons. The molecule has 0 unspecified atom stereocenters. The molecule has 0 aliphatic carbocycles. The number of anilines is 1. The van der Waals surface area contributed by atoms with Crippen LogP contribution in [0.15, 0.2) is 36.5 Å². The number of aromatic nitrogens is 1. The highest BCUT2D eigenvalue weighted by Crippen LogP contribution is 2.19. The molecule has 8 nitrogen and oxygen atoms in total. The van der Waals surface area contributed by atoms with E-state index in [9.17, 15) is 14.9 Å².